The number of imide groups is 1. The number of nitrogens with one attached hydrogen (secondary N) is 1. The highest BCUT2D eigenvalue weighted by molar-refractivity contribution is 7.15. The molecule has 0 atom stereocenters. The first-order valence-electron chi connectivity index (χ1n) is 9.24. The predicted molar refractivity (Wildman–Crippen MR) is 101 cm³/mol. The van der Waals surface area contributed by atoms with Gasteiger partial charge in [-0.05, 0) is 37.5 Å². The fourth-order valence-electron chi connectivity index (χ4n) is 3.69. The second-order valence-electron chi connectivity index (χ2n) is 6.84. The minimum Gasteiger partial charge on any atom is -0.296 e. The van der Waals surface area contributed by atoms with Crippen molar-refractivity contribution in [3.8, 4) is 0 Å². The molecule has 0 saturated heterocycles. The molecule has 2 aromatic rings. The van der Waals surface area contributed by atoms with Crippen molar-refractivity contribution < 1.29 is 14.4 Å². The quantitative estimate of drug-likeness (QED) is 0.817. The van der Waals surface area contributed by atoms with Gasteiger partial charge in [0.1, 0.15) is 5.01 Å². The molecule has 2 heterocycles. The molecule has 27 heavy (non-hydrogen) atoms. The monoisotopic (exact) mass is 384 g/mol. The Balaban J connectivity index is 1.56. The molecule has 0 radical (unpaired) electrons. The van der Waals surface area contributed by atoms with Gasteiger partial charge in [-0.2, -0.15) is 0 Å². The number of benzene rings is 1. The Morgan fingerprint density at radius 3 is 2.59 bits per heavy atom. The largest absolute Gasteiger partial charge is 0.296 e. The lowest BCUT2D eigenvalue weighted by atomic mass is 9.94. The summed E-state index contributed by atoms with van der Waals surface area (Å²) in [6.45, 7) is 1.97. The summed E-state index contributed by atoms with van der Waals surface area (Å²) in [5.74, 6) is -0.903. The van der Waals surface area contributed by atoms with Gasteiger partial charge in [0.05, 0.1) is 11.1 Å². The number of nitrogens with zero attached hydrogens (tertiary/aromatic N) is 3. The van der Waals surface area contributed by atoms with E-state index in [-0.39, 0.29) is 23.8 Å². The van der Waals surface area contributed by atoms with Crippen molar-refractivity contribution >= 4 is 34.2 Å². The lowest BCUT2D eigenvalue weighted by Crippen LogP contribution is -2.40. The zero-order valence-corrected chi connectivity index (χ0v) is 15.8. The van der Waals surface area contributed by atoms with Crippen molar-refractivity contribution in [1.29, 1.82) is 0 Å². The zero-order valence-electron chi connectivity index (χ0n) is 15.0. The van der Waals surface area contributed by atoms with E-state index in [0.717, 1.165) is 43.5 Å². The molecule has 7 nitrogen and oxygen atoms in total. The van der Waals surface area contributed by atoms with Gasteiger partial charge in [0, 0.05) is 11.6 Å². The van der Waals surface area contributed by atoms with E-state index in [2.05, 4.69) is 15.5 Å². The minimum absolute atomic E-state index is 0.0303. The fourth-order valence-corrected chi connectivity index (χ4v) is 4.36. The first kappa shape index (κ1) is 17.8. The van der Waals surface area contributed by atoms with Crippen LogP contribution < -0.4 is 5.32 Å². The number of amides is 3. The Bertz CT molecular complexity index is 917. The van der Waals surface area contributed by atoms with Crippen molar-refractivity contribution in [3.63, 3.8) is 0 Å². The smallest absolute Gasteiger partial charge is 0.261 e. The average Bonchev–Trinajstić information content (AvgIpc) is 3.25. The molecule has 0 spiro atoms. The highest BCUT2D eigenvalue weighted by Gasteiger charge is 2.40. The van der Waals surface area contributed by atoms with Crippen LogP contribution in [0.4, 0.5) is 5.13 Å². The maximum atomic E-state index is 12.8. The molecule has 0 bridgehead atoms. The summed E-state index contributed by atoms with van der Waals surface area (Å²) in [6, 6.07) is 4.63. The van der Waals surface area contributed by atoms with Crippen LogP contribution in [0.25, 0.3) is 0 Å². The molecule has 140 valence electrons. The second-order valence-corrected chi connectivity index (χ2v) is 7.90. The van der Waals surface area contributed by atoms with Gasteiger partial charge in [0.25, 0.3) is 17.7 Å². The molecular formula is C19H20N4O3S. The number of rotatable bonds is 4. The van der Waals surface area contributed by atoms with Crippen LogP contribution in [0.2, 0.25) is 0 Å². The minimum atomic E-state index is -0.368. The van der Waals surface area contributed by atoms with E-state index >= 15 is 0 Å². The van der Waals surface area contributed by atoms with Gasteiger partial charge in [0.15, 0.2) is 0 Å². The van der Waals surface area contributed by atoms with Crippen molar-refractivity contribution in [3.05, 3.63) is 39.9 Å². The van der Waals surface area contributed by atoms with E-state index in [9.17, 15) is 14.4 Å². The summed E-state index contributed by atoms with van der Waals surface area (Å²) in [6.07, 6.45) is 5.68. The van der Waals surface area contributed by atoms with E-state index in [1.807, 2.05) is 6.92 Å². The summed E-state index contributed by atoms with van der Waals surface area (Å²) in [5.41, 5.74) is 1.02. The van der Waals surface area contributed by atoms with E-state index in [1.165, 1.54) is 22.3 Å². The van der Waals surface area contributed by atoms with E-state index in [4.69, 9.17) is 0 Å². The standard InChI is InChI=1S/C19H20N4O3S/c1-2-15-21-22-19(27-15)20-16(24)11-8-9-13-14(10-11)18(26)23(17(13)25)12-6-4-3-5-7-12/h8-10,12H,2-7H2,1H3,(H,20,22,24). The molecule has 8 heteroatoms. The number of carbonyl (C=O) groups excluding carboxylic acids is 3. The van der Waals surface area contributed by atoms with Crippen molar-refractivity contribution in [2.24, 2.45) is 0 Å². The number of fused-ring (bicyclic) bond motifs is 1. The average molecular weight is 384 g/mol. The lowest BCUT2D eigenvalue weighted by molar-refractivity contribution is 0.0549. The Morgan fingerprint density at radius 2 is 1.89 bits per heavy atom. The van der Waals surface area contributed by atoms with Gasteiger partial charge < -0.3 is 0 Å². The van der Waals surface area contributed by atoms with Gasteiger partial charge in [-0.3, -0.25) is 24.6 Å². The number of aryl methyl sites for hydroxylation is 1. The molecule has 1 aliphatic heterocycles. The van der Waals surface area contributed by atoms with Crippen molar-refractivity contribution in [2.45, 2.75) is 51.5 Å². The van der Waals surface area contributed by atoms with Gasteiger partial charge in [-0.1, -0.05) is 37.5 Å². The zero-order chi connectivity index (χ0) is 19.0. The van der Waals surface area contributed by atoms with Crippen LogP contribution in [-0.4, -0.2) is 38.9 Å². The third-order valence-corrected chi connectivity index (χ3v) is 6.09. The maximum absolute atomic E-state index is 12.8. The van der Waals surface area contributed by atoms with Crippen LogP contribution in [0.15, 0.2) is 18.2 Å². The van der Waals surface area contributed by atoms with E-state index in [1.54, 1.807) is 12.1 Å². The SMILES string of the molecule is CCc1nnc(NC(=O)c2ccc3c(c2)C(=O)N(C2CCCCC2)C3=O)s1. The number of anilines is 1. The first-order chi connectivity index (χ1) is 13.1. The third kappa shape index (κ3) is 3.25. The van der Waals surface area contributed by atoms with Gasteiger partial charge in [-0.25, -0.2) is 0 Å². The van der Waals surface area contributed by atoms with E-state index in [0.29, 0.717) is 21.8 Å². The van der Waals surface area contributed by atoms with Gasteiger partial charge >= 0.3 is 0 Å². The second kappa shape index (κ2) is 7.19. The summed E-state index contributed by atoms with van der Waals surface area (Å²) in [7, 11) is 0. The van der Waals surface area contributed by atoms with Crippen LogP contribution in [0.1, 0.15) is 75.1 Å². The lowest BCUT2D eigenvalue weighted by Gasteiger charge is -2.29. The topological polar surface area (TPSA) is 92.3 Å². The highest BCUT2D eigenvalue weighted by Crippen LogP contribution is 2.31. The Labute approximate surface area is 160 Å². The molecule has 1 aromatic heterocycles. The van der Waals surface area contributed by atoms with Crippen LogP contribution in [0.3, 0.4) is 0 Å². The highest BCUT2D eigenvalue weighted by atomic mass is 32.1. The molecule has 4 rings (SSSR count). The molecule has 1 N–H and O–H groups in total. The van der Waals surface area contributed by atoms with Crippen molar-refractivity contribution in [2.75, 3.05) is 5.32 Å². The molecule has 3 amide bonds. The van der Waals surface area contributed by atoms with Crippen molar-refractivity contribution in [1.82, 2.24) is 15.1 Å². The Hall–Kier alpha value is -2.61. The molecule has 0 unspecified atom stereocenters. The number of carbonyl (C=O) groups is 3. The van der Waals surface area contributed by atoms with E-state index < -0.39 is 0 Å². The molecule has 1 fully saturated rings. The number of hydrogen-bond acceptors (Lipinski definition) is 6. The Morgan fingerprint density at radius 1 is 1.15 bits per heavy atom. The van der Waals surface area contributed by atoms with Crippen LogP contribution >= 0.6 is 11.3 Å². The predicted octanol–water partition coefficient (Wildman–Crippen LogP) is 3.28. The molecule has 2 aliphatic rings. The molecule has 1 aliphatic carbocycles. The van der Waals surface area contributed by atoms with Gasteiger partial charge in [-0.15, -0.1) is 10.2 Å². The van der Waals surface area contributed by atoms with Crippen LogP contribution in [0.5, 0.6) is 0 Å². The first-order valence-corrected chi connectivity index (χ1v) is 10.1. The van der Waals surface area contributed by atoms with Crippen LogP contribution in [-0.2, 0) is 6.42 Å². The summed E-state index contributed by atoms with van der Waals surface area (Å²) in [5, 5.41) is 11.9. The summed E-state index contributed by atoms with van der Waals surface area (Å²) >= 11 is 1.32. The normalized spacial score (nSPS) is 17.3. The number of aromatic nitrogens is 2. The van der Waals surface area contributed by atoms with Crippen LogP contribution in [0, 0.1) is 0 Å². The summed E-state index contributed by atoms with van der Waals surface area (Å²) < 4.78 is 0. The summed E-state index contributed by atoms with van der Waals surface area (Å²) in [4.78, 5) is 39.4. The number of hydrogen-bond donors (Lipinski definition) is 1. The molecular weight excluding hydrogens is 364 g/mol. The molecule has 1 aromatic carbocycles. The van der Waals surface area contributed by atoms with Gasteiger partial charge in [0.2, 0.25) is 5.13 Å². The maximum Gasteiger partial charge on any atom is 0.261 e. The Kier molecular flexibility index (Phi) is 4.73. The fraction of sp³-hybridized carbons (Fsp3) is 0.421. The molecule has 1 saturated carbocycles. The third-order valence-electron chi connectivity index (χ3n) is 5.11.